The SMILES string of the molecule is CC#CCOc1cc(F)ccc1Br. The van der Waals surface area contributed by atoms with E-state index < -0.39 is 0 Å². The number of halogens is 2. The van der Waals surface area contributed by atoms with Crippen LogP contribution in [-0.4, -0.2) is 6.61 Å². The van der Waals surface area contributed by atoms with Crippen LogP contribution in [0, 0.1) is 17.7 Å². The molecule has 1 aromatic rings. The van der Waals surface area contributed by atoms with E-state index in [1.807, 2.05) is 0 Å². The standard InChI is InChI=1S/C10H8BrFO/c1-2-3-6-13-10-7-8(12)4-5-9(10)11/h4-5,7H,6H2,1H3. The molecule has 0 atom stereocenters. The van der Waals surface area contributed by atoms with E-state index in [2.05, 4.69) is 27.8 Å². The zero-order valence-electron chi connectivity index (χ0n) is 7.10. The van der Waals surface area contributed by atoms with Crippen molar-refractivity contribution in [1.29, 1.82) is 0 Å². The molecule has 0 unspecified atom stereocenters. The van der Waals surface area contributed by atoms with Crippen LogP contribution in [0.5, 0.6) is 5.75 Å². The first-order valence-electron chi connectivity index (χ1n) is 3.71. The van der Waals surface area contributed by atoms with E-state index in [1.54, 1.807) is 13.0 Å². The van der Waals surface area contributed by atoms with Crippen LogP contribution < -0.4 is 4.74 Å². The third kappa shape index (κ3) is 3.08. The molecule has 0 aliphatic heterocycles. The average molecular weight is 243 g/mol. The van der Waals surface area contributed by atoms with E-state index in [1.165, 1.54) is 12.1 Å². The maximum absolute atomic E-state index is 12.7. The largest absolute Gasteiger partial charge is 0.480 e. The maximum atomic E-state index is 12.7. The van der Waals surface area contributed by atoms with Crippen LogP contribution in [0.3, 0.4) is 0 Å². The highest BCUT2D eigenvalue weighted by Crippen LogP contribution is 2.25. The van der Waals surface area contributed by atoms with Gasteiger partial charge >= 0.3 is 0 Å². The Morgan fingerprint density at radius 1 is 1.54 bits per heavy atom. The quantitative estimate of drug-likeness (QED) is 0.725. The van der Waals surface area contributed by atoms with Gasteiger partial charge in [-0.05, 0) is 35.0 Å². The monoisotopic (exact) mass is 242 g/mol. The molecule has 0 aliphatic rings. The van der Waals surface area contributed by atoms with Crippen LogP contribution >= 0.6 is 15.9 Å². The molecule has 1 aromatic carbocycles. The molecule has 0 saturated heterocycles. The first-order chi connectivity index (χ1) is 6.24. The van der Waals surface area contributed by atoms with Crippen molar-refractivity contribution >= 4 is 15.9 Å². The lowest BCUT2D eigenvalue weighted by molar-refractivity contribution is 0.365. The molecular formula is C10H8BrFO. The number of hydrogen-bond donors (Lipinski definition) is 0. The third-order valence-electron chi connectivity index (χ3n) is 1.37. The van der Waals surface area contributed by atoms with E-state index in [9.17, 15) is 4.39 Å². The smallest absolute Gasteiger partial charge is 0.149 e. The van der Waals surface area contributed by atoms with Crippen molar-refractivity contribution < 1.29 is 9.13 Å². The molecule has 1 rings (SSSR count). The summed E-state index contributed by atoms with van der Waals surface area (Å²) in [6, 6.07) is 4.29. The lowest BCUT2D eigenvalue weighted by Crippen LogP contribution is -1.94. The Kier molecular flexibility index (Phi) is 3.78. The van der Waals surface area contributed by atoms with Crippen LogP contribution in [0.4, 0.5) is 4.39 Å². The van der Waals surface area contributed by atoms with Crippen molar-refractivity contribution in [2.45, 2.75) is 6.92 Å². The Morgan fingerprint density at radius 2 is 2.31 bits per heavy atom. The Morgan fingerprint density at radius 3 is 3.00 bits per heavy atom. The van der Waals surface area contributed by atoms with Gasteiger partial charge in [-0.1, -0.05) is 5.92 Å². The van der Waals surface area contributed by atoms with Gasteiger partial charge in [-0.25, -0.2) is 4.39 Å². The van der Waals surface area contributed by atoms with Gasteiger partial charge in [0, 0.05) is 6.07 Å². The molecule has 0 amide bonds. The van der Waals surface area contributed by atoms with Crippen LogP contribution in [0.25, 0.3) is 0 Å². The van der Waals surface area contributed by atoms with Crippen molar-refractivity contribution in [3.63, 3.8) is 0 Å². The maximum Gasteiger partial charge on any atom is 0.149 e. The van der Waals surface area contributed by atoms with Gasteiger partial charge in [-0.15, -0.1) is 5.92 Å². The molecule has 0 saturated carbocycles. The minimum absolute atomic E-state index is 0.276. The summed E-state index contributed by atoms with van der Waals surface area (Å²) < 4.78 is 18.6. The van der Waals surface area contributed by atoms with Crippen molar-refractivity contribution in [3.8, 4) is 17.6 Å². The summed E-state index contributed by atoms with van der Waals surface area (Å²) in [6.45, 7) is 2.00. The van der Waals surface area contributed by atoms with Gasteiger partial charge in [-0.2, -0.15) is 0 Å². The molecular weight excluding hydrogens is 235 g/mol. The molecule has 0 spiro atoms. The predicted molar refractivity (Wildman–Crippen MR) is 53.0 cm³/mol. The van der Waals surface area contributed by atoms with Crippen LogP contribution in [0.2, 0.25) is 0 Å². The molecule has 13 heavy (non-hydrogen) atoms. The Labute approximate surface area is 85.0 Å². The van der Waals surface area contributed by atoms with Gasteiger partial charge in [0.1, 0.15) is 18.2 Å². The highest BCUT2D eigenvalue weighted by Gasteiger charge is 2.01. The minimum Gasteiger partial charge on any atom is -0.480 e. The first kappa shape index (κ1) is 10.1. The summed E-state index contributed by atoms with van der Waals surface area (Å²) in [5.41, 5.74) is 0. The zero-order chi connectivity index (χ0) is 9.68. The second-order valence-corrected chi connectivity index (χ2v) is 3.14. The molecule has 0 heterocycles. The van der Waals surface area contributed by atoms with Crippen molar-refractivity contribution in [2.75, 3.05) is 6.61 Å². The average Bonchev–Trinajstić information content (AvgIpc) is 2.11. The fourth-order valence-corrected chi connectivity index (χ4v) is 1.13. The van der Waals surface area contributed by atoms with Crippen molar-refractivity contribution in [2.24, 2.45) is 0 Å². The molecule has 1 nitrogen and oxygen atoms in total. The van der Waals surface area contributed by atoms with Gasteiger partial charge in [-0.3, -0.25) is 0 Å². The Hall–Kier alpha value is -1.01. The normalized spacial score (nSPS) is 8.85. The summed E-state index contributed by atoms with van der Waals surface area (Å²) in [7, 11) is 0. The molecule has 68 valence electrons. The molecule has 0 N–H and O–H groups in total. The summed E-state index contributed by atoms with van der Waals surface area (Å²) >= 11 is 3.24. The molecule has 0 radical (unpaired) electrons. The van der Waals surface area contributed by atoms with Gasteiger partial charge < -0.3 is 4.74 Å². The summed E-state index contributed by atoms with van der Waals surface area (Å²) in [6.07, 6.45) is 0. The van der Waals surface area contributed by atoms with Crippen molar-refractivity contribution in [3.05, 3.63) is 28.5 Å². The van der Waals surface area contributed by atoms with E-state index in [0.29, 0.717) is 5.75 Å². The Balaban J connectivity index is 2.73. The highest BCUT2D eigenvalue weighted by atomic mass is 79.9. The van der Waals surface area contributed by atoms with E-state index >= 15 is 0 Å². The molecule has 3 heteroatoms. The molecule has 0 fully saturated rings. The Bertz CT molecular complexity index is 352. The highest BCUT2D eigenvalue weighted by molar-refractivity contribution is 9.10. The lowest BCUT2D eigenvalue weighted by atomic mass is 10.3. The number of hydrogen-bond acceptors (Lipinski definition) is 1. The van der Waals surface area contributed by atoms with E-state index in [-0.39, 0.29) is 12.4 Å². The molecule has 0 bridgehead atoms. The van der Waals surface area contributed by atoms with Crippen LogP contribution in [-0.2, 0) is 0 Å². The van der Waals surface area contributed by atoms with Gasteiger partial charge in [0.25, 0.3) is 0 Å². The third-order valence-corrected chi connectivity index (χ3v) is 2.02. The fraction of sp³-hybridized carbons (Fsp3) is 0.200. The minimum atomic E-state index is -0.317. The van der Waals surface area contributed by atoms with Gasteiger partial charge in [0.15, 0.2) is 0 Å². The first-order valence-corrected chi connectivity index (χ1v) is 4.51. The summed E-state index contributed by atoms with van der Waals surface area (Å²) in [4.78, 5) is 0. The molecule has 0 aromatic heterocycles. The van der Waals surface area contributed by atoms with E-state index in [4.69, 9.17) is 4.74 Å². The summed E-state index contributed by atoms with van der Waals surface area (Å²) in [5, 5.41) is 0. The second kappa shape index (κ2) is 4.88. The fourth-order valence-electron chi connectivity index (χ4n) is 0.774. The van der Waals surface area contributed by atoms with Crippen LogP contribution in [0.15, 0.2) is 22.7 Å². The second-order valence-electron chi connectivity index (χ2n) is 2.29. The zero-order valence-corrected chi connectivity index (χ0v) is 8.69. The summed E-state index contributed by atoms with van der Waals surface area (Å²) in [5.74, 6) is 5.57. The number of ether oxygens (including phenoxy) is 1. The van der Waals surface area contributed by atoms with Gasteiger partial charge in [0.05, 0.1) is 4.47 Å². The number of rotatable bonds is 2. The predicted octanol–water partition coefficient (Wildman–Crippen LogP) is 2.99. The number of benzene rings is 1. The van der Waals surface area contributed by atoms with E-state index in [0.717, 1.165) is 4.47 Å². The lowest BCUT2D eigenvalue weighted by Gasteiger charge is -2.03. The molecule has 0 aliphatic carbocycles. The van der Waals surface area contributed by atoms with Crippen LogP contribution in [0.1, 0.15) is 6.92 Å². The van der Waals surface area contributed by atoms with Gasteiger partial charge in [0.2, 0.25) is 0 Å². The topological polar surface area (TPSA) is 9.23 Å². The van der Waals surface area contributed by atoms with Crippen molar-refractivity contribution in [1.82, 2.24) is 0 Å².